The number of piperidine rings is 1. The molecule has 0 bridgehead atoms. The summed E-state index contributed by atoms with van der Waals surface area (Å²) in [5.41, 5.74) is 1.02. The van der Waals surface area contributed by atoms with Crippen LogP contribution in [0.4, 0.5) is 0 Å². The molecule has 0 aliphatic carbocycles. The normalized spacial score (nSPS) is 17.2. The minimum Gasteiger partial charge on any atom is -0.241 e. The van der Waals surface area contributed by atoms with E-state index in [9.17, 15) is 8.42 Å². The lowest BCUT2D eigenvalue weighted by Gasteiger charge is -2.30. The molecule has 0 N–H and O–H groups in total. The molecule has 3 aromatic rings. The van der Waals surface area contributed by atoms with Gasteiger partial charge in [0.15, 0.2) is 0 Å². The zero-order chi connectivity index (χ0) is 17.4. The van der Waals surface area contributed by atoms with Crippen molar-refractivity contribution < 1.29 is 8.42 Å². The first kappa shape index (κ1) is 17.0. The Hall–Kier alpha value is -1.47. The fourth-order valence-corrected chi connectivity index (χ4v) is 6.30. The van der Waals surface area contributed by atoms with Crippen LogP contribution in [-0.4, -0.2) is 30.8 Å². The van der Waals surface area contributed by atoms with E-state index in [1.807, 2.05) is 18.2 Å². The molecule has 1 aromatic heterocycles. The predicted octanol–water partition coefficient (Wildman–Crippen LogP) is 4.52. The van der Waals surface area contributed by atoms with Crippen LogP contribution in [-0.2, 0) is 10.0 Å². The van der Waals surface area contributed by atoms with Gasteiger partial charge in [0.1, 0.15) is 4.90 Å². The van der Waals surface area contributed by atoms with Crippen molar-refractivity contribution in [2.24, 2.45) is 0 Å². The topological polar surface area (TPSA) is 50.3 Å². The smallest absolute Gasteiger partial charge is 0.241 e. The average molecular weight is 393 g/mol. The Morgan fingerprint density at radius 3 is 2.44 bits per heavy atom. The minimum absolute atomic E-state index is 0.190. The van der Waals surface area contributed by atoms with Crippen molar-refractivity contribution in [2.75, 3.05) is 13.1 Å². The van der Waals surface area contributed by atoms with Crippen LogP contribution in [0.25, 0.3) is 10.2 Å². The lowest BCUT2D eigenvalue weighted by molar-refractivity contribution is 0.319. The molecule has 0 amide bonds. The highest BCUT2D eigenvalue weighted by Crippen LogP contribution is 2.35. The van der Waals surface area contributed by atoms with Crippen molar-refractivity contribution in [2.45, 2.75) is 23.7 Å². The number of nitrogens with zero attached hydrogens (tertiary/aromatic N) is 2. The van der Waals surface area contributed by atoms with E-state index in [1.165, 1.54) is 9.01 Å². The molecular formula is C18H17ClN2O2S2. The van der Waals surface area contributed by atoms with Crippen molar-refractivity contribution >= 4 is 43.2 Å². The summed E-state index contributed by atoms with van der Waals surface area (Å²) in [5.74, 6) is 0.315. The second-order valence-corrected chi connectivity index (χ2v) is 9.50. The number of rotatable bonds is 3. The highest BCUT2D eigenvalue weighted by Gasteiger charge is 2.32. The molecule has 1 saturated heterocycles. The second-order valence-electron chi connectivity index (χ2n) is 6.13. The molecule has 2 heterocycles. The van der Waals surface area contributed by atoms with Gasteiger partial charge in [-0.25, -0.2) is 13.4 Å². The van der Waals surface area contributed by atoms with E-state index in [0.29, 0.717) is 19.0 Å². The van der Waals surface area contributed by atoms with Crippen LogP contribution in [0.2, 0.25) is 5.02 Å². The summed E-state index contributed by atoms with van der Waals surface area (Å²) < 4.78 is 28.4. The summed E-state index contributed by atoms with van der Waals surface area (Å²) in [4.78, 5) is 4.92. The molecule has 4 nitrogen and oxygen atoms in total. The fraction of sp³-hybridized carbons (Fsp3) is 0.278. The zero-order valence-corrected chi connectivity index (χ0v) is 15.8. The van der Waals surface area contributed by atoms with Gasteiger partial charge in [-0.3, -0.25) is 0 Å². The number of para-hydroxylation sites is 1. The number of hydrogen-bond donors (Lipinski definition) is 0. The lowest BCUT2D eigenvalue weighted by Crippen LogP contribution is -2.38. The molecule has 1 aliphatic rings. The molecule has 4 rings (SSSR count). The largest absolute Gasteiger partial charge is 0.244 e. The molecule has 1 fully saturated rings. The van der Waals surface area contributed by atoms with E-state index in [0.717, 1.165) is 23.4 Å². The molecule has 130 valence electrons. The molecule has 0 unspecified atom stereocenters. The number of thiazole rings is 1. The molecule has 25 heavy (non-hydrogen) atoms. The van der Waals surface area contributed by atoms with Crippen LogP contribution in [0.15, 0.2) is 53.4 Å². The Morgan fingerprint density at radius 2 is 1.72 bits per heavy atom. The Morgan fingerprint density at radius 1 is 1.04 bits per heavy atom. The maximum absolute atomic E-state index is 12.8. The third kappa shape index (κ3) is 3.19. The van der Waals surface area contributed by atoms with Crippen LogP contribution in [0.1, 0.15) is 23.8 Å². The Balaban J connectivity index is 1.52. The summed E-state index contributed by atoms with van der Waals surface area (Å²) >= 11 is 7.79. The van der Waals surface area contributed by atoms with E-state index in [1.54, 1.807) is 35.6 Å². The third-order valence-electron chi connectivity index (χ3n) is 4.57. The number of aromatic nitrogens is 1. The first-order valence-corrected chi connectivity index (χ1v) is 10.8. The highest BCUT2D eigenvalue weighted by atomic mass is 35.5. The SMILES string of the molecule is O=S(=O)(c1ccccc1Cl)N1CCC(c2nc3ccccc3s2)CC1. The molecule has 7 heteroatoms. The van der Waals surface area contributed by atoms with E-state index in [4.69, 9.17) is 16.6 Å². The molecule has 2 aromatic carbocycles. The van der Waals surface area contributed by atoms with Crippen molar-refractivity contribution in [3.8, 4) is 0 Å². The van der Waals surface area contributed by atoms with Crippen LogP contribution >= 0.6 is 22.9 Å². The molecule has 0 spiro atoms. The van der Waals surface area contributed by atoms with Gasteiger partial charge in [0.05, 0.1) is 20.2 Å². The van der Waals surface area contributed by atoms with E-state index in [2.05, 4.69) is 6.07 Å². The first-order valence-electron chi connectivity index (χ1n) is 8.16. The number of hydrogen-bond acceptors (Lipinski definition) is 4. The minimum atomic E-state index is -3.54. The Kier molecular flexibility index (Phi) is 4.54. The van der Waals surface area contributed by atoms with Gasteiger partial charge in [0, 0.05) is 19.0 Å². The van der Waals surface area contributed by atoms with Gasteiger partial charge >= 0.3 is 0 Å². The molecule has 0 atom stereocenters. The Labute approximate surface area is 156 Å². The van der Waals surface area contributed by atoms with Crippen molar-refractivity contribution in [1.29, 1.82) is 0 Å². The number of halogens is 1. The third-order valence-corrected chi connectivity index (χ3v) is 8.17. The van der Waals surface area contributed by atoms with Gasteiger partial charge in [-0.2, -0.15) is 4.31 Å². The van der Waals surface area contributed by atoms with Gasteiger partial charge < -0.3 is 0 Å². The molecular weight excluding hydrogens is 376 g/mol. The van der Waals surface area contributed by atoms with Gasteiger partial charge in [-0.1, -0.05) is 35.9 Å². The van der Waals surface area contributed by atoms with Crippen LogP contribution in [0, 0.1) is 0 Å². The summed E-state index contributed by atoms with van der Waals surface area (Å²) in [7, 11) is -3.54. The molecule has 0 radical (unpaired) electrons. The van der Waals surface area contributed by atoms with Gasteiger partial charge in [-0.15, -0.1) is 11.3 Å². The maximum Gasteiger partial charge on any atom is 0.244 e. The zero-order valence-electron chi connectivity index (χ0n) is 13.4. The fourth-order valence-electron chi connectivity index (χ4n) is 3.20. The predicted molar refractivity (Wildman–Crippen MR) is 102 cm³/mol. The summed E-state index contributed by atoms with van der Waals surface area (Å²) in [6, 6.07) is 14.7. The number of benzene rings is 2. The maximum atomic E-state index is 12.8. The average Bonchev–Trinajstić information content (AvgIpc) is 3.06. The second kappa shape index (κ2) is 6.68. The van der Waals surface area contributed by atoms with Crippen LogP contribution in [0.5, 0.6) is 0 Å². The highest BCUT2D eigenvalue weighted by molar-refractivity contribution is 7.89. The van der Waals surface area contributed by atoms with Gasteiger partial charge in [-0.05, 0) is 37.1 Å². The van der Waals surface area contributed by atoms with E-state index >= 15 is 0 Å². The van der Waals surface area contributed by atoms with Crippen molar-refractivity contribution in [1.82, 2.24) is 9.29 Å². The Bertz CT molecular complexity index is 976. The quantitative estimate of drug-likeness (QED) is 0.658. The lowest BCUT2D eigenvalue weighted by atomic mass is 9.99. The molecule has 0 saturated carbocycles. The van der Waals surface area contributed by atoms with E-state index < -0.39 is 10.0 Å². The molecule has 1 aliphatic heterocycles. The van der Waals surface area contributed by atoms with Gasteiger partial charge in [0.2, 0.25) is 10.0 Å². The first-order chi connectivity index (χ1) is 12.1. The number of fused-ring (bicyclic) bond motifs is 1. The summed E-state index contributed by atoms with van der Waals surface area (Å²) in [5, 5.41) is 1.38. The monoisotopic (exact) mass is 392 g/mol. The number of sulfonamides is 1. The van der Waals surface area contributed by atoms with Gasteiger partial charge in [0.25, 0.3) is 0 Å². The summed E-state index contributed by atoms with van der Waals surface area (Å²) in [6.45, 7) is 0.988. The van der Waals surface area contributed by atoms with Crippen molar-refractivity contribution in [3.05, 3.63) is 58.6 Å². The van der Waals surface area contributed by atoms with Crippen molar-refractivity contribution in [3.63, 3.8) is 0 Å². The van der Waals surface area contributed by atoms with Crippen LogP contribution < -0.4 is 0 Å². The van der Waals surface area contributed by atoms with E-state index in [-0.39, 0.29) is 9.92 Å². The standard InChI is InChI=1S/C18H17ClN2O2S2/c19-14-5-1-4-8-17(14)25(22,23)21-11-9-13(10-12-21)18-20-15-6-2-3-7-16(15)24-18/h1-8,13H,9-12H2. The summed E-state index contributed by atoms with van der Waals surface area (Å²) in [6.07, 6.45) is 1.56. The van der Waals surface area contributed by atoms with Crippen LogP contribution in [0.3, 0.4) is 0 Å².